The van der Waals surface area contributed by atoms with Crippen LogP contribution in [-0.2, 0) is 4.79 Å². The van der Waals surface area contributed by atoms with Crippen LogP contribution in [0.1, 0.15) is 39.5 Å². The van der Waals surface area contributed by atoms with Crippen molar-refractivity contribution in [1.82, 2.24) is 5.32 Å². The number of benzene rings is 1. The Kier molecular flexibility index (Phi) is 6.10. The first kappa shape index (κ1) is 16.7. The number of nitrogens with one attached hydrogen (secondary N) is 1. The largest absolute Gasteiger partial charge is 0.497 e. The molecule has 1 aromatic rings. The van der Waals surface area contributed by atoms with Gasteiger partial charge >= 0.3 is 0 Å². The van der Waals surface area contributed by atoms with Crippen molar-refractivity contribution in [3.05, 3.63) is 24.3 Å². The minimum absolute atomic E-state index is 0.166. The highest BCUT2D eigenvalue weighted by atomic mass is 16.5. The van der Waals surface area contributed by atoms with Crippen LogP contribution in [0.3, 0.4) is 0 Å². The number of ether oxygens (including phenoxy) is 1. The molecule has 0 spiro atoms. The average molecular weight is 304 g/mol. The summed E-state index contributed by atoms with van der Waals surface area (Å²) in [5.41, 5.74) is 1.23. The Morgan fingerprint density at radius 1 is 1.23 bits per heavy atom. The van der Waals surface area contributed by atoms with E-state index in [9.17, 15) is 4.79 Å². The molecule has 0 radical (unpaired) electrons. The van der Waals surface area contributed by atoms with Gasteiger partial charge in [-0.25, -0.2) is 0 Å². The van der Waals surface area contributed by atoms with E-state index < -0.39 is 0 Å². The molecule has 1 N–H and O–H groups in total. The van der Waals surface area contributed by atoms with Crippen molar-refractivity contribution in [2.45, 2.75) is 45.6 Å². The van der Waals surface area contributed by atoms with E-state index in [1.165, 1.54) is 5.69 Å². The van der Waals surface area contributed by atoms with Crippen LogP contribution >= 0.6 is 0 Å². The van der Waals surface area contributed by atoms with Gasteiger partial charge in [0.25, 0.3) is 0 Å². The first-order valence-corrected chi connectivity index (χ1v) is 8.37. The summed E-state index contributed by atoms with van der Waals surface area (Å²) in [7, 11) is 1.68. The zero-order chi connectivity index (χ0) is 15.9. The molecule has 4 nitrogen and oxygen atoms in total. The van der Waals surface area contributed by atoms with Crippen LogP contribution < -0.4 is 15.0 Å². The van der Waals surface area contributed by atoms with Gasteiger partial charge < -0.3 is 15.0 Å². The quantitative estimate of drug-likeness (QED) is 0.877. The van der Waals surface area contributed by atoms with Crippen LogP contribution in [0.25, 0.3) is 0 Å². The normalized spacial score (nSPS) is 15.9. The van der Waals surface area contributed by atoms with E-state index in [0.29, 0.717) is 6.04 Å². The molecule has 0 aliphatic carbocycles. The summed E-state index contributed by atoms with van der Waals surface area (Å²) < 4.78 is 5.19. The lowest BCUT2D eigenvalue weighted by molar-refractivity contribution is -0.126. The third-order valence-corrected chi connectivity index (χ3v) is 4.64. The van der Waals surface area contributed by atoms with Crippen molar-refractivity contribution in [2.75, 3.05) is 25.1 Å². The molecule has 1 aliphatic rings. The Bertz CT molecular complexity index is 460. The summed E-state index contributed by atoms with van der Waals surface area (Å²) in [6.07, 6.45) is 3.87. The maximum absolute atomic E-state index is 12.2. The number of anilines is 1. The molecule has 122 valence electrons. The number of nitrogens with zero attached hydrogens (tertiary/aromatic N) is 1. The van der Waals surface area contributed by atoms with Gasteiger partial charge in [0.1, 0.15) is 5.75 Å². The maximum Gasteiger partial charge on any atom is 0.223 e. The lowest BCUT2D eigenvalue weighted by Crippen LogP contribution is -2.46. The molecule has 1 fully saturated rings. The number of amides is 1. The number of piperidine rings is 1. The Morgan fingerprint density at radius 3 is 2.32 bits per heavy atom. The lowest BCUT2D eigenvalue weighted by atomic mass is 9.99. The van der Waals surface area contributed by atoms with Gasteiger partial charge in [0.05, 0.1) is 7.11 Å². The smallest absolute Gasteiger partial charge is 0.223 e. The highest BCUT2D eigenvalue weighted by Gasteiger charge is 2.23. The minimum Gasteiger partial charge on any atom is -0.497 e. The zero-order valence-electron chi connectivity index (χ0n) is 14.0. The second-order valence-corrected chi connectivity index (χ2v) is 5.98. The van der Waals surface area contributed by atoms with E-state index in [1.54, 1.807) is 7.11 Å². The van der Waals surface area contributed by atoms with Gasteiger partial charge in [-0.15, -0.1) is 0 Å². The number of rotatable bonds is 6. The molecular weight excluding hydrogens is 276 g/mol. The number of hydrogen-bond donors (Lipinski definition) is 1. The highest BCUT2D eigenvalue weighted by molar-refractivity contribution is 5.78. The molecule has 1 heterocycles. The molecule has 1 aliphatic heterocycles. The van der Waals surface area contributed by atoms with Gasteiger partial charge in [-0.2, -0.15) is 0 Å². The predicted octanol–water partition coefficient (Wildman–Crippen LogP) is 3.22. The fraction of sp³-hybridized carbons (Fsp3) is 0.611. The molecule has 0 unspecified atom stereocenters. The standard InChI is InChI=1S/C18H28N2O2/c1-4-14(5-2)18(21)19-15-10-12-20(13-11-15)16-6-8-17(22-3)9-7-16/h6-9,14-15H,4-5,10-13H2,1-3H3,(H,19,21). The maximum atomic E-state index is 12.2. The van der Waals surface area contributed by atoms with E-state index in [2.05, 4.69) is 36.2 Å². The molecule has 0 atom stereocenters. The Hall–Kier alpha value is -1.71. The fourth-order valence-corrected chi connectivity index (χ4v) is 3.05. The van der Waals surface area contributed by atoms with Crippen molar-refractivity contribution in [3.63, 3.8) is 0 Å². The van der Waals surface area contributed by atoms with Gasteiger partial charge in [0.2, 0.25) is 5.91 Å². The molecule has 2 rings (SSSR count). The molecule has 0 saturated carbocycles. The topological polar surface area (TPSA) is 41.6 Å². The first-order valence-electron chi connectivity index (χ1n) is 8.37. The lowest BCUT2D eigenvalue weighted by Gasteiger charge is -2.34. The summed E-state index contributed by atoms with van der Waals surface area (Å²) in [6.45, 7) is 6.14. The number of hydrogen-bond acceptors (Lipinski definition) is 3. The molecule has 0 bridgehead atoms. The fourth-order valence-electron chi connectivity index (χ4n) is 3.05. The molecule has 1 amide bonds. The van der Waals surface area contributed by atoms with E-state index in [4.69, 9.17) is 4.74 Å². The molecule has 0 aromatic heterocycles. The van der Waals surface area contributed by atoms with Crippen molar-refractivity contribution >= 4 is 11.6 Å². The van der Waals surface area contributed by atoms with Gasteiger partial charge in [0.15, 0.2) is 0 Å². The number of carbonyl (C=O) groups is 1. The van der Waals surface area contributed by atoms with Gasteiger partial charge in [0, 0.05) is 30.7 Å². The zero-order valence-corrected chi connectivity index (χ0v) is 14.0. The molecular formula is C18H28N2O2. The molecule has 1 aromatic carbocycles. The molecule has 4 heteroatoms. The second kappa shape index (κ2) is 8.06. The van der Waals surface area contributed by atoms with Crippen LogP contribution in [0.2, 0.25) is 0 Å². The Balaban J connectivity index is 1.83. The van der Waals surface area contributed by atoms with E-state index in [0.717, 1.165) is 44.5 Å². The van der Waals surface area contributed by atoms with Gasteiger partial charge in [-0.3, -0.25) is 4.79 Å². The highest BCUT2D eigenvalue weighted by Crippen LogP contribution is 2.23. The van der Waals surface area contributed by atoms with Crippen LogP contribution in [0.4, 0.5) is 5.69 Å². The second-order valence-electron chi connectivity index (χ2n) is 5.98. The summed E-state index contributed by atoms with van der Waals surface area (Å²) in [4.78, 5) is 14.5. The minimum atomic E-state index is 0.166. The Labute approximate surface area is 133 Å². The van der Waals surface area contributed by atoms with Gasteiger partial charge in [-0.1, -0.05) is 13.8 Å². The van der Waals surface area contributed by atoms with Crippen molar-refractivity contribution < 1.29 is 9.53 Å². The monoisotopic (exact) mass is 304 g/mol. The van der Waals surface area contributed by atoms with Crippen molar-refractivity contribution in [3.8, 4) is 5.75 Å². The van der Waals surface area contributed by atoms with Crippen molar-refractivity contribution in [1.29, 1.82) is 0 Å². The molecule has 22 heavy (non-hydrogen) atoms. The first-order chi connectivity index (χ1) is 10.7. The van der Waals surface area contributed by atoms with Gasteiger partial charge in [-0.05, 0) is 49.9 Å². The third kappa shape index (κ3) is 4.15. The van der Waals surface area contributed by atoms with E-state index in [1.807, 2.05) is 12.1 Å². The van der Waals surface area contributed by atoms with E-state index >= 15 is 0 Å². The summed E-state index contributed by atoms with van der Waals surface area (Å²) in [5.74, 6) is 1.28. The summed E-state index contributed by atoms with van der Waals surface area (Å²) in [6, 6.07) is 8.51. The summed E-state index contributed by atoms with van der Waals surface area (Å²) >= 11 is 0. The number of carbonyl (C=O) groups excluding carboxylic acids is 1. The molecule has 1 saturated heterocycles. The number of methoxy groups -OCH3 is 1. The SMILES string of the molecule is CCC(CC)C(=O)NC1CCN(c2ccc(OC)cc2)CC1. The van der Waals surface area contributed by atoms with Crippen LogP contribution in [0, 0.1) is 5.92 Å². The van der Waals surface area contributed by atoms with Crippen LogP contribution in [0.5, 0.6) is 5.75 Å². The van der Waals surface area contributed by atoms with Crippen LogP contribution in [0.15, 0.2) is 24.3 Å². The average Bonchev–Trinajstić information content (AvgIpc) is 2.57. The van der Waals surface area contributed by atoms with Crippen LogP contribution in [-0.4, -0.2) is 32.1 Å². The predicted molar refractivity (Wildman–Crippen MR) is 90.4 cm³/mol. The summed E-state index contributed by atoms with van der Waals surface area (Å²) in [5, 5.41) is 3.23. The Morgan fingerprint density at radius 2 is 1.82 bits per heavy atom. The third-order valence-electron chi connectivity index (χ3n) is 4.64. The van der Waals surface area contributed by atoms with E-state index in [-0.39, 0.29) is 11.8 Å². The van der Waals surface area contributed by atoms with Crippen molar-refractivity contribution in [2.24, 2.45) is 5.92 Å².